The SMILES string of the molecule is [CH2]OCCc1ccc(-c2nc3ccc(OC(F)(F)F)cc3s2)c(F)c1O. The summed E-state index contributed by atoms with van der Waals surface area (Å²) < 4.78 is 60.3. The summed E-state index contributed by atoms with van der Waals surface area (Å²) in [6.07, 6.45) is -4.52. The van der Waals surface area contributed by atoms with Crippen molar-refractivity contribution in [1.82, 2.24) is 4.98 Å². The van der Waals surface area contributed by atoms with E-state index in [0.717, 1.165) is 17.4 Å². The van der Waals surface area contributed by atoms with Crippen LogP contribution >= 0.6 is 11.3 Å². The predicted octanol–water partition coefficient (Wildman–Crippen LogP) is 5.06. The summed E-state index contributed by atoms with van der Waals surface area (Å²) in [7, 11) is 3.21. The third-order valence-electron chi connectivity index (χ3n) is 3.54. The highest BCUT2D eigenvalue weighted by molar-refractivity contribution is 7.21. The van der Waals surface area contributed by atoms with Crippen LogP contribution in [-0.2, 0) is 11.2 Å². The monoisotopic (exact) mass is 386 g/mol. The first-order chi connectivity index (χ1) is 12.3. The molecule has 0 spiro atoms. The standard InChI is InChI=1S/C17H12F4NO3S/c1-24-7-6-9-2-4-11(14(18)15(9)23)16-22-12-5-3-10(8-13(12)26-16)25-17(19,20)21/h2-5,8,23H,1,6-7H2. The summed E-state index contributed by atoms with van der Waals surface area (Å²) in [6, 6.07) is 6.67. The van der Waals surface area contributed by atoms with Gasteiger partial charge in [-0.1, -0.05) is 6.07 Å². The molecule has 0 atom stereocenters. The van der Waals surface area contributed by atoms with Gasteiger partial charge >= 0.3 is 6.36 Å². The van der Waals surface area contributed by atoms with Gasteiger partial charge in [-0.2, -0.15) is 0 Å². The summed E-state index contributed by atoms with van der Waals surface area (Å²) in [5.74, 6) is -1.75. The Labute approximate surface area is 149 Å². The molecule has 3 aromatic rings. The summed E-state index contributed by atoms with van der Waals surface area (Å²) in [5, 5.41) is 10.2. The second-order valence-electron chi connectivity index (χ2n) is 5.29. The molecule has 0 saturated heterocycles. The van der Waals surface area contributed by atoms with Gasteiger partial charge in [0, 0.05) is 0 Å². The molecule has 0 bridgehead atoms. The van der Waals surface area contributed by atoms with Crippen LogP contribution in [0.15, 0.2) is 30.3 Å². The van der Waals surface area contributed by atoms with Gasteiger partial charge in [0.05, 0.1) is 29.5 Å². The fraction of sp³-hybridized carbons (Fsp3) is 0.176. The minimum Gasteiger partial charge on any atom is -0.505 e. The lowest BCUT2D eigenvalue weighted by Crippen LogP contribution is -2.16. The molecule has 0 amide bonds. The Bertz CT molecular complexity index is 940. The van der Waals surface area contributed by atoms with Gasteiger partial charge in [-0.15, -0.1) is 24.5 Å². The zero-order valence-corrected chi connectivity index (χ0v) is 14.0. The first-order valence-electron chi connectivity index (χ1n) is 7.32. The molecule has 1 radical (unpaired) electrons. The second-order valence-corrected chi connectivity index (χ2v) is 6.32. The quantitative estimate of drug-likeness (QED) is 0.623. The van der Waals surface area contributed by atoms with E-state index in [1.165, 1.54) is 24.3 Å². The van der Waals surface area contributed by atoms with Crippen LogP contribution in [0.5, 0.6) is 11.5 Å². The molecule has 2 aromatic carbocycles. The Morgan fingerprint density at radius 2 is 1.96 bits per heavy atom. The molecular weight excluding hydrogens is 374 g/mol. The lowest BCUT2D eigenvalue weighted by Gasteiger charge is -2.07. The molecule has 1 N–H and O–H groups in total. The van der Waals surface area contributed by atoms with Crippen LogP contribution in [0, 0.1) is 12.9 Å². The molecule has 3 rings (SSSR count). The molecule has 0 aliphatic heterocycles. The van der Waals surface area contributed by atoms with E-state index in [1.54, 1.807) is 0 Å². The zero-order valence-electron chi connectivity index (χ0n) is 13.1. The van der Waals surface area contributed by atoms with Crippen molar-refractivity contribution < 1.29 is 32.1 Å². The number of thiazole rings is 1. The molecule has 137 valence electrons. The molecular formula is C17H12F4NO3S. The van der Waals surface area contributed by atoms with Crippen molar-refractivity contribution in [1.29, 1.82) is 0 Å². The largest absolute Gasteiger partial charge is 0.573 e. The molecule has 1 aromatic heterocycles. The molecule has 4 nitrogen and oxygen atoms in total. The number of fused-ring (bicyclic) bond motifs is 1. The minimum atomic E-state index is -4.80. The van der Waals surface area contributed by atoms with E-state index in [1.807, 2.05) is 0 Å². The number of phenolic OH excluding ortho intramolecular Hbond substituents is 1. The number of benzene rings is 2. The van der Waals surface area contributed by atoms with Crippen LogP contribution in [0.25, 0.3) is 20.8 Å². The maximum absolute atomic E-state index is 14.5. The van der Waals surface area contributed by atoms with Crippen molar-refractivity contribution in [3.63, 3.8) is 0 Å². The molecule has 26 heavy (non-hydrogen) atoms. The molecule has 0 aliphatic carbocycles. The number of hydrogen-bond acceptors (Lipinski definition) is 5. The number of aromatic hydroxyl groups is 1. The lowest BCUT2D eigenvalue weighted by atomic mass is 10.1. The predicted molar refractivity (Wildman–Crippen MR) is 88.4 cm³/mol. The number of rotatable bonds is 5. The summed E-state index contributed by atoms with van der Waals surface area (Å²) in [6.45, 7) is 0.218. The Hall–Kier alpha value is -2.39. The van der Waals surface area contributed by atoms with E-state index in [4.69, 9.17) is 0 Å². The van der Waals surface area contributed by atoms with Gasteiger partial charge in [-0.05, 0) is 36.2 Å². The van der Waals surface area contributed by atoms with Crippen molar-refractivity contribution in [2.24, 2.45) is 0 Å². The van der Waals surface area contributed by atoms with Gasteiger partial charge in [-0.3, -0.25) is 0 Å². The van der Waals surface area contributed by atoms with Crippen LogP contribution in [0.2, 0.25) is 0 Å². The zero-order chi connectivity index (χ0) is 18.9. The third-order valence-corrected chi connectivity index (χ3v) is 4.59. The summed E-state index contributed by atoms with van der Waals surface area (Å²) in [4.78, 5) is 4.21. The van der Waals surface area contributed by atoms with Gasteiger partial charge in [0.25, 0.3) is 0 Å². The van der Waals surface area contributed by atoms with E-state index in [9.17, 15) is 22.7 Å². The lowest BCUT2D eigenvalue weighted by molar-refractivity contribution is -0.274. The molecule has 1 heterocycles. The van der Waals surface area contributed by atoms with Crippen LogP contribution < -0.4 is 4.74 Å². The fourth-order valence-corrected chi connectivity index (χ4v) is 3.38. The number of phenols is 1. The highest BCUT2D eigenvalue weighted by Crippen LogP contribution is 2.37. The normalized spacial score (nSPS) is 11.9. The topological polar surface area (TPSA) is 51.6 Å². The van der Waals surface area contributed by atoms with Crippen LogP contribution in [0.1, 0.15) is 5.56 Å². The van der Waals surface area contributed by atoms with E-state index in [0.29, 0.717) is 15.8 Å². The minimum absolute atomic E-state index is 0.0567. The number of nitrogens with zero attached hydrogens (tertiary/aromatic N) is 1. The Morgan fingerprint density at radius 1 is 1.19 bits per heavy atom. The molecule has 0 unspecified atom stereocenters. The molecule has 0 saturated carbocycles. The van der Waals surface area contributed by atoms with Crippen molar-refractivity contribution in [3.05, 3.63) is 48.8 Å². The average Bonchev–Trinajstić information content (AvgIpc) is 2.97. The number of halogens is 4. The number of ether oxygens (including phenoxy) is 2. The highest BCUT2D eigenvalue weighted by Gasteiger charge is 2.31. The number of aromatic nitrogens is 1. The van der Waals surface area contributed by atoms with Gasteiger partial charge in [-0.25, -0.2) is 9.37 Å². The first-order valence-corrected chi connectivity index (χ1v) is 8.14. The maximum atomic E-state index is 14.5. The smallest absolute Gasteiger partial charge is 0.505 e. The van der Waals surface area contributed by atoms with Gasteiger partial charge in [0.15, 0.2) is 11.6 Å². The third kappa shape index (κ3) is 3.88. The Balaban J connectivity index is 1.96. The summed E-state index contributed by atoms with van der Waals surface area (Å²) >= 11 is 0.993. The van der Waals surface area contributed by atoms with Crippen LogP contribution in [0.4, 0.5) is 17.6 Å². The van der Waals surface area contributed by atoms with Crippen molar-refractivity contribution in [3.8, 4) is 22.1 Å². The van der Waals surface area contributed by atoms with Gasteiger partial charge in [0.2, 0.25) is 0 Å². The maximum Gasteiger partial charge on any atom is 0.573 e. The van der Waals surface area contributed by atoms with Crippen molar-refractivity contribution in [2.45, 2.75) is 12.8 Å². The van der Waals surface area contributed by atoms with E-state index >= 15 is 0 Å². The second kappa shape index (κ2) is 7.08. The molecule has 0 aliphatic rings. The first kappa shape index (κ1) is 18.4. The van der Waals surface area contributed by atoms with Crippen LogP contribution in [0.3, 0.4) is 0 Å². The van der Waals surface area contributed by atoms with Gasteiger partial charge < -0.3 is 14.6 Å². The fourth-order valence-electron chi connectivity index (χ4n) is 2.37. The molecule has 9 heteroatoms. The van der Waals surface area contributed by atoms with Crippen LogP contribution in [-0.4, -0.2) is 23.1 Å². The highest BCUT2D eigenvalue weighted by atomic mass is 32.1. The number of hydrogen-bond donors (Lipinski definition) is 1. The van der Waals surface area contributed by atoms with E-state index in [-0.39, 0.29) is 29.3 Å². The van der Waals surface area contributed by atoms with Crippen molar-refractivity contribution >= 4 is 21.6 Å². The molecule has 0 fully saturated rings. The van der Waals surface area contributed by atoms with Crippen molar-refractivity contribution in [2.75, 3.05) is 6.61 Å². The van der Waals surface area contributed by atoms with E-state index in [2.05, 4.69) is 21.6 Å². The van der Waals surface area contributed by atoms with E-state index < -0.39 is 17.9 Å². The van der Waals surface area contributed by atoms with Gasteiger partial charge in [0.1, 0.15) is 10.8 Å². The average molecular weight is 386 g/mol. The Morgan fingerprint density at radius 3 is 2.65 bits per heavy atom. The Kier molecular flexibility index (Phi) is 5.01. The number of alkyl halides is 3. The summed E-state index contributed by atoms with van der Waals surface area (Å²) in [5.41, 5.74) is 0.811.